The van der Waals surface area contributed by atoms with Gasteiger partial charge in [0, 0.05) is 35.9 Å². The Labute approximate surface area is 205 Å². The normalized spacial score (nSPS) is 16.6. The van der Waals surface area contributed by atoms with Gasteiger partial charge < -0.3 is 9.64 Å². The van der Waals surface area contributed by atoms with E-state index in [4.69, 9.17) is 16.3 Å². The van der Waals surface area contributed by atoms with Gasteiger partial charge in [0.05, 0.1) is 19.3 Å². The van der Waals surface area contributed by atoms with Crippen molar-refractivity contribution in [1.29, 1.82) is 0 Å². The smallest absolute Gasteiger partial charge is 0.370 e. The number of aromatic nitrogens is 6. The Morgan fingerprint density at radius 3 is 2.64 bits per heavy atom. The lowest BCUT2D eigenvalue weighted by Gasteiger charge is -2.32. The highest BCUT2D eigenvalue weighted by molar-refractivity contribution is 6.30. The van der Waals surface area contributed by atoms with Crippen LogP contribution in [0.1, 0.15) is 17.5 Å². The van der Waals surface area contributed by atoms with Crippen molar-refractivity contribution in [2.75, 3.05) is 24.6 Å². The molecular weight excluding hydrogens is 506 g/mol. The summed E-state index contributed by atoms with van der Waals surface area (Å²) in [5.41, 5.74) is 0.0348. The van der Waals surface area contributed by atoms with E-state index in [9.17, 15) is 22.4 Å². The lowest BCUT2D eigenvalue weighted by Crippen LogP contribution is -2.39. The number of ether oxygens (including phenoxy) is 1. The van der Waals surface area contributed by atoms with Gasteiger partial charge in [-0.1, -0.05) is 11.6 Å². The van der Waals surface area contributed by atoms with E-state index in [0.717, 1.165) is 18.5 Å². The number of alkyl halides is 3. The number of morpholine rings is 1. The van der Waals surface area contributed by atoms with E-state index < -0.39 is 23.8 Å². The van der Waals surface area contributed by atoms with Crippen molar-refractivity contribution in [2.24, 2.45) is 7.05 Å². The lowest BCUT2D eigenvalue weighted by atomic mass is 10.1. The molecule has 1 aliphatic heterocycles. The average Bonchev–Trinajstić information content (AvgIpc) is 3.34. The van der Waals surface area contributed by atoms with Crippen molar-refractivity contribution in [3.63, 3.8) is 0 Å². The van der Waals surface area contributed by atoms with Gasteiger partial charge in [0.1, 0.15) is 29.0 Å². The zero-order valence-corrected chi connectivity index (χ0v) is 19.7. The van der Waals surface area contributed by atoms with Crippen LogP contribution in [0.3, 0.4) is 0 Å². The Hall–Kier alpha value is -3.58. The van der Waals surface area contributed by atoms with E-state index in [1.54, 1.807) is 11.8 Å². The molecule has 1 unspecified atom stereocenters. The average molecular weight is 524 g/mol. The molecule has 0 N–H and O–H groups in total. The number of hydrogen-bond donors (Lipinski definition) is 0. The second-order valence-corrected chi connectivity index (χ2v) is 8.64. The summed E-state index contributed by atoms with van der Waals surface area (Å²) in [4.78, 5) is 28.1. The molecule has 9 nitrogen and oxygen atoms in total. The molecule has 4 heterocycles. The first-order valence-electron chi connectivity index (χ1n) is 10.7. The third kappa shape index (κ3) is 4.28. The second-order valence-electron chi connectivity index (χ2n) is 8.21. The molecule has 4 aromatic rings. The molecule has 0 aliphatic carbocycles. The fourth-order valence-electron chi connectivity index (χ4n) is 3.93. The summed E-state index contributed by atoms with van der Waals surface area (Å²) < 4.78 is 60.7. The molecule has 3 aromatic heterocycles. The van der Waals surface area contributed by atoms with Crippen molar-refractivity contribution in [3.05, 3.63) is 63.2 Å². The first-order valence-corrected chi connectivity index (χ1v) is 11.1. The topological polar surface area (TPSA) is 91.0 Å². The van der Waals surface area contributed by atoms with Gasteiger partial charge in [-0.2, -0.15) is 9.78 Å². The highest BCUT2D eigenvalue weighted by atomic mass is 35.5. The van der Waals surface area contributed by atoms with E-state index in [1.165, 1.54) is 23.7 Å². The molecule has 0 amide bonds. The van der Waals surface area contributed by atoms with Crippen molar-refractivity contribution in [1.82, 2.24) is 29.3 Å². The number of aryl methyl sites for hydroxylation is 1. The zero-order chi connectivity index (χ0) is 25.8. The molecular formula is C22H18ClF4N7O2. The molecule has 1 aromatic carbocycles. The summed E-state index contributed by atoms with van der Waals surface area (Å²) in [6.45, 7) is 2.15. The molecule has 1 saturated heterocycles. The third-order valence-electron chi connectivity index (χ3n) is 5.91. The fourth-order valence-corrected chi connectivity index (χ4v) is 4.08. The number of rotatable bonds is 3. The van der Waals surface area contributed by atoms with Gasteiger partial charge in [-0.05, 0) is 25.1 Å². The Balaban J connectivity index is 1.61. The van der Waals surface area contributed by atoms with Crippen LogP contribution in [0.5, 0.6) is 0 Å². The van der Waals surface area contributed by atoms with Gasteiger partial charge in [-0.3, -0.25) is 9.36 Å². The maximum atomic E-state index is 14.9. The summed E-state index contributed by atoms with van der Waals surface area (Å²) in [6.07, 6.45) is -3.48. The van der Waals surface area contributed by atoms with Crippen molar-refractivity contribution < 1.29 is 22.3 Å². The van der Waals surface area contributed by atoms with Gasteiger partial charge in [0.15, 0.2) is 5.52 Å². The van der Waals surface area contributed by atoms with Crippen LogP contribution in [0.15, 0.2) is 35.4 Å². The number of nitrogens with zero attached hydrogens (tertiary/aromatic N) is 7. The van der Waals surface area contributed by atoms with Gasteiger partial charge in [-0.25, -0.2) is 19.3 Å². The van der Waals surface area contributed by atoms with Crippen LogP contribution in [0.4, 0.5) is 23.5 Å². The predicted octanol–water partition coefficient (Wildman–Crippen LogP) is 3.74. The van der Waals surface area contributed by atoms with Gasteiger partial charge in [-0.15, -0.1) is 13.2 Å². The molecule has 1 fully saturated rings. The molecule has 5 rings (SSSR count). The minimum atomic E-state index is -4.66. The van der Waals surface area contributed by atoms with Crippen molar-refractivity contribution in [3.8, 4) is 11.3 Å². The summed E-state index contributed by atoms with van der Waals surface area (Å²) in [7, 11) is 1.54. The van der Waals surface area contributed by atoms with E-state index in [-0.39, 0.29) is 63.2 Å². The molecule has 1 atom stereocenters. The Morgan fingerprint density at radius 2 is 1.94 bits per heavy atom. The summed E-state index contributed by atoms with van der Waals surface area (Å²) in [5.74, 6) is -0.188. The molecule has 36 heavy (non-hydrogen) atoms. The van der Waals surface area contributed by atoms with Crippen LogP contribution in [0, 0.1) is 12.7 Å². The predicted molar refractivity (Wildman–Crippen MR) is 122 cm³/mol. The SMILES string of the molecule is Cc1nc2c(-c3ccc(Cl)cc3F)nc(N3CCOC(c4cnn(C(F)(F)F)c4)C3)nc2c(=O)n1C. The molecule has 0 bridgehead atoms. The number of halogens is 5. The maximum absolute atomic E-state index is 14.9. The molecule has 14 heteroatoms. The largest absolute Gasteiger partial charge is 0.504 e. The van der Waals surface area contributed by atoms with Crippen molar-refractivity contribution in [2.45, 2.75) is 19.3 Å². The Bertz CT molecular complexity index is 1540. The monoisotopic (exact) mass is 523 g/mol. The van der Waals surface area contributed by atoms with Crippen LogP contribution in [-0.2, 0) is 18.1 Å². The van der Waals surface area contributed by atoms with Crippen LogP contribution in [-0.4, -0.2) is 49.0 Å². The zero-order valence-electron chi connectivity index (χ0n) is 18.9. The summed E-state index contributed by atoms with van der Waals surface area (Å²) in [6, 6.07) is 4.05. The quantitative estimate of drug-likeness (QED) is 0.378. The molecule has 1 aliphatic rings. The minimum Gasteiger partial charge on any atom is -0.370 e. The first kappa shape index (κ1) is 24.1. The standard InChI is InChI=1S/C22H18ClF4N7O2/c1-11-29-18-17(14-4-3-13(23)7-15(14)24)30-21(31-19(18)20(35)32(11)2)33-5-6-36-16(10-33)12-8-28-34(9-12)22(25,26)27/h3-4,7-9,16H,5-6,10H2,1-2H3. The van der Waals surface area contributed by atoms with Gasteiger partial charge >= 0.3 is 6.30 Å². The van der Waals surface area contributed by atoms with Gasteiger partial charge in [0.25, 0.3) is 5.56 Å². The second kappa shape index (κ2) is 8.82. The summed E-state index contributed by atoms with van der Waals surface area (Å²) >= 11 is 5.91. The van der Waals surface area contributed by atoms with E-state index in [1.807, 2.05) is 0 Å². The fraction of sp³-hybridized carbons (Fsp3) is 0.318. The molecule has 0 saturated carbocycles. The number of anilines is 1. The highest BCUT2D eigenvalue weighted by Crippen LogP contribution is 2.32. The van der Waals surface area contributed by atoms with E-state index >= 15 is 0 Å². The third-order valence-corrected chi connectivity index (χ3v) is 6.14. The highest BCUT2D eigenvalue weighted by Gasteiger charge is 2.34. The Morgan fingerprint density at radius 1 is 1.17 bits per heavy atom. The Kier molecular flexibility index (Phi) is 5.91. The van der Waals surface area contributed by atoms with Gasteiger partial charge in [0.2, 0.25) is 5.95 Å². The number of fused-ring (bicyclic) bond motifs is 1. The van der Waals surface area contributed by atoms with Crippen LogP contribution >= 0.6 is 11.6 Å². The van der Waals surface area contributed by atoms with Crippen LogP contribution < -0.4 is 10.5 Å². The van der Waals surface area contributed by atoms with Crippen molar-refractivity contribution >= 4 is 28.6 Å². The number of benzene rings is 1. The van der Waals surface area contributed by atoms with E-state index in [0.29, 0.717) is 5.82 Å². The lowest BCUT2D eigenvalue weighted by molar-refractivity contribution is -0.212. The molecule has 0 radical (unpaired) electrons. The van der Waals surface area contributed by atoms with Crippen LogP contribution in [0.2, 0.25) is 5.02 Å². The van der Waals surface area contributed by atoms with Crippen LogP contribution in [0.25, 0.3) is 22.3 Å². The summed E-state index contributed by atoms with van der Waals surface area (Å²) in [5, 5.41) is 3.54. The molecule has 188 valence electrons. The number of hydrogen-bond acceptors (Lipinski definition) is 7. The minimum absolute atomic E-state index is 0.0228. The van der Waals surface area contributed by atoms with E-state index in [2.05, 4.69) is 20.1 Å². The first-order chi connectivity index (χ1) is 17.0. The molecule has 0 spiro atoms. The maximum Gasteiger partial charge on any atom is 0.504 e.